The molecule has 164 valence electrons. The first-order chi connectivity index (χ1) is 14.7. The van der Waals surface area contributed by atoms with Crippen molar-refractivity contribution in [2.75, 3.05) is 24.5 Å². The van der Waals surface area contributed by atoms with Crippen LogP contribution in [0.2, 0.25) is 5.02 Å². The Morgan fingerprint density at radius 3 is 2.74 bits per heavy atom. The Hall–Kier alpha value is -2.33. The summed E-state index contributed by atoms with van der Waals surface area (Å²) in [6.45, 7) is 5.44. The van der Waals surface area contributed by atoms with Gasteiger partial charge in [0.05, 0.1) is 12.2 Å². The highest BCUT2D eigenvalue weighted by Crippen LogP contribution is 2.23. The first-order valence-electron chi connectivity index (χ1n) is 10.2. The quantitative estimate of drug-likeness (QED) is 0.277. The molecule has 2 aromatic carbocycles. The van der Waals surface area contributed by atoms with Crippen molar-refractivity contribution in [1.29, 1.82) is 0 Å². The maximum Gasteiger partial charge on any atom is 0.191 e. The normalized spacial score (nSPS) is 16.1. The first-order valence-corrected chi connectivity index (χ1v) is 10.6. The van der Waals surface area contributed by atoms with Gasteiger partial charge < -0.3 is 15.5 Å². The van der Waals surface area contributed by atoms with E-state index in [1.165, 1.54) is 12.0 Å². The van der Waals surface area contributed by atoms with Crippen molar-refractivity contribution in [3.63, 3.8) is 0 Å². The van der Waals surface area contributed by atoms with Crippen LogP contribution in [-0.2, 0) is 6.54 Å². The number of aliphatic imine (C=N–C) groups is 1. The maximum absolute atomic E-state index is 6.14. The molecule has 1 aromatic heterocycles. The zero-order chi connectivity index (χ0) is 20.8. The van der Waals surface area contributed by atoms with E-state index in [0.717, 1.165) is 48.3 Å². The minimum atomic E-state index is 0. The van der Waals surface area contributed by atoms with Gasteiger partial charge in [-0.15, -0.1) is 24.0 Å². The van der Waals surface area contributed by atoms with Crippen LogP contribution in [-0.4, -0.2) is 46.4 Å². The first kappa shape index (κ1) is 23.3. The van der Waals surface area contributed by atoms with Crippen molar-refractivity contribution in [3.8, 4) is 5.69 Å². The third-order valence-corrected chi connectivity index (χ3v) is 5.32. The number of hydrogen-bond acceptors (Lipinski definition) is 4. The third-order valence-electron chi connectivity index (χ3n) is 5.09. The monoisotopic (exact) mass is 551 g/mol. The molecule has 9 heteroatoms. The number of guanidine groups is 1. The van der Waals surface area contributed by atoms with Crippen LogP contribution >= 0.6 is 35.6 Å². The van der Waals surface area contributed by atoms with Crippen LogP contribution in [0, 0.1) is 0 Å². The Labute approximate surface area is 204 Å². The predicted octanol–water partition coefficient (Wildman–Crippen LogP) is 3.87. The van der Waals surface area contributed by atoms with Crippen LogP contribution in [0.1, 0.15) is 18.9 Å². The van der Waals surface area contributed by atoms with Crippen molar-refractivity contribution < 1.29 is 0 Å². The number of nitrogens with one attached hydrogen (secondary N) is 2. The molecule has 1 aliphatic heterocycles. The number of rotatable bonds is 6. The molecule has 1 fully saturated rings. The van der Waals surface area contributed by atoms with E-state index in [0.29, 0.717) is 12.6 Å². The van der Waals surface area contributed by atoms with Gasteiger partial charge in [0.1, 0.15) is 12.7 Å². The zero-order valence-corrected chi connectivity index (χ0v) is 20.5. The van der Waals surface area contributed by atoms with Crippen molar-refractivity contribution in [3.05, 3.63) is 71.8 Å². The lowest BCUT2D eigenvalue weighted by Crippen LogP contribution is -2.44. The van der Waals surface area contributed by atoms with Crippen molar-refractivity contribution >= 4 is 47.2 Å². The van der Waals surface area contributed by atoms with Gasteiger partial charge in [-0.2, -0.15) is 5.10 Å². The number of aromatic nitrogens is 3. The smallest absolute Gasteiger partial charge is 0.191 e. The average molecular weight is 552 g/mol. The molecule has 1 unspecified atom stereocenters. The summed E-state index contributed by atoms with van der Waals surface area (Å²) in [5.41, 5.74) is 3.29. The van der Waals surface area contributed by atoms with Gasteiger partial charge in [0.25, 0.3) is 0 Å². The highest BCUT2D eigenvalue weighted by molar-refractivity contribution is 14.0. The number of halogens is 2. The molecular weight excluding hydrogens is 525 g/mol. The highest BCUT2D eigenvalue weighted by Gasteiger charge is 2.23. The SMILES string of the molecule is CCNC(=NCc1ccc(-n2cncn2)cc1)NC1CCN(c2cccc(Cl)c2)C1.I. The Balaban J connectivity index is 0.00000272. The number of anilines is 1. The largest absolute Gasteiger partial charge is 0.369 e. The summed E-state index contributed by atoms with van der Waals surface area (Å²) in [7, 11) is 0. The molecule has 0 amide bonds. The molecule has 7 nitrogen and oxygen atoms in total. The van der Waals surface area contributed by atoms with Crippen molar-refractivity contribution in [2.45, 2.75) is 25.9 Å². The molecule has 0 saturated carbocycles. The van der Waals surface area contributed by atoms with E-state index in [-0.39, 0.29) is 24.0 Å². The summed E-state index contributed by atoms with van der Waals surface area (Å²) in [4.78, 5) is 11.1. The minimum Gasteiger partial charge on any atom is -0.369 e. The fourth-order valence-electron chi connectivity index (χ4n) is 3.56. The van der Waals surface area contributed by atoms with Gasteiger partial charge in [0.15, 0.2) is 5.96 Å². The van der Waals surface area contributed by atoms with Crippen LogP contribution in [0.25, 0.3) is 5.69 Å². The second-order valence-corrected chi connectivity index (χ2v) is 7.69. The molecular formula is C22H27ClIN7. The maximum atomic E-state index is 6.14. The molecule has 1 aliphatic rings. The van der Waals surface area contributed by atoms with Gasteiger partial charge in [-0.1, -0.05) is 29.8 Å². The van der Waals surface area contributed by atoms with Crippen LogP contribution in [0.4, 0.5) is 5.69 Å². The average Bonchev–Trinajstić information content (AvgIpc) is 3.45. The minimum absolute atomic E-state index is 0. The second-order valence-electron chi connectivity index (χ2n) is 7.26. The van der Waals surface area contributed by atoms with Gasteiger partial charge in [0, 0.05) is 36.4 Å². The van der Waals surface area contributed by atoms with E-state index < -0.39 is 0 Å². The predicted molar refractivity (Wildman–Crippen MR) is 137 cm³/mol. The molecule has 2 heterocycles. The summed E-state index contributed by atoms with van der Waals surface area (Å²) in [5.74, 6) is 0.843. The Morgan fingerprint density at radius 1 is 1.19 bits per heavy atom. The summed E-state index contributed by atoms with van der Waals surface area (Å²) in [6.07, 6.45) is 4.28. The topological polar surface area (TPSA) is 70.4 Å². The molecule has 1 saturated heterocycles. The summed E-state index contributed by atoms with van der Waals surface area (Å²) < 4.78 is 1.74. The van der Waals surface area contributed by atoms with E-state index in [2.05, 4.69) is 50.7 Å². The number of nitrogens with zero attached hydrogens (tertiary/aromatic N) is 5. The molecule has 0 aliphatic carbocycles. The number of benzene rings is 2. The van der Waals surface area contributed by atoms with Gasteiger partial charge >= 0.3 is 0 Å². The highest BCUT2D eigenvalue weighted by atomic mass is 127. The van der Waals surface area contributed by atoms with Crippen LogP contribution in [0.15, 0.2) is 66.2 Å². The third kappa shape index (κ3) is 6.33. The fourth-order valence-corrected chi connectivity index (χ4v) is 3.75. The Bertz CT molecular complexity index is 976. The van der Waals surface area contributed by atoms with E-state index in [1.54, 1.807) is 11.0 Å². The molecule has 1 atom stereocenters. The molecule has 4 rings (SSSR count). The molecule has 0 radical (unpaired) electrons. The van der Waals surface area contributed by atoms with Crippen molar-refractivity contribution in [1.82, 2.24) is 25.4 Å². The van der Waals surface area contributed by atoms with Gasteiger partial charge in [-0.25, -0.2) is 14.7 Å². The lowest BCUT2D eigenvalue weighted by atomic mass is 10.2. The zero-order valence-electron chi connectivity index (χ0n) is 17.4. The summed E-state index contributed by atoms with van der Waals surface area (Å²) in [6, 6.07) is 16.6. The molecule has 0 bridgehead atoms. The van der Waals surface area contributed by atoms with Crippen molar-refractivity contribution in [2.24, 2.45) is 4.99 Å². The standard InChI is InChI=1S/C22H26ClN7.HI/c1-2-25-22(26-13-17-6-8-20(9-7-17)30-16-24-15-27-30)28-19-10-11-29(14-19)21-5-3-4-18(23)12-21;/h3-9,12,15-16,19H,2,10-11,13-14H2,1H3,(H2,25,26,28);1H. The van der Waals surface area contributed by atoms with E-state index >= 15 is 0 Å². The molecule has 2 N–H and O–H groups in total. The van der Waals surface area contributed by atoms with Gasteiger partial charge in [0.2, 0.25) is 0 Å². The fraction of sp³-hybridized carbons (Fsp3) is 0.318. The lowest BCUT2D eigenvalue weighted by Gasteiger charge is -2.20. The summed E-state index contributed by atoms with van der Waals surface area (Å²) in [5, 5.41) is 11.9. The van der Waals surface area contributed by atoms with E-state index in [9.17, 15) is 0 Å². The Kier molecular flexibility index (Phi) is 8.53. The van der Waals surface area contributed by atoms with Crippen LogP contribution < -0.4 is 15.5 Å². The van der Waals surface area contributed by atoms with E-state index in [1.807, 2.05) is 30.3 Å². The van der Waals surface area contributed by atoms with Crippen LogP contribution in [0.5, 0.6) is 0 Å². The second kappa shape index (κ2) is 11.3. The molecule has 0 spiro atoms. The van der Waals surface area contributed by atoms with Gasteiger partial charge in [-0.3, -0.25) is 0 Å². The Morgan fingerprint density at radius 2 is 2.03 bits per heavy atom. The number of hydrogen-bond donors (Lipinski definition) is 2. The lowest BCUT2D eigenvalue weighted by molar-refractivity contribution is 0.649. The summed E-state index contributed by atoms with van der Waals surface area (Å²) >= 11 is 6.14. The molecule has 3 aromatic rings. The molecule has 31 heavy (non-hydrogen) atoms. The van der Waals surface area contributed by atoms with Gasteiger partial charge in [-0.05, 0) is 49.2 Å². The van der Waals surface area contributed by atoms with E-state index in [4.69, 9.17) is 16.6 Å². The van der Waals surface area contributed by atoms with Crippen LogP contribution in [0.3, 0.4) is 0 Å².